The van der Waals surface area contributed by atoms with E-state index in [4.69, 9.17) is 0 Å². The summed E-state index contributed by atoms with van der Waals surface area (Å²) in [6, 6.07) is 40.5. The van der Waals surface area contributed by atoms with Crippen LogP contribution in [0.2, 0.25) is 0 Å². The first kappa shape index (κ1) is 22.6. The average molecular weight is 465 g/mol. The van der Waals surface area contributed by atoms with Gasteiger partial charge in [-0.2, -0.15) is 0 Å². The number of hydrogen-bond acceptors (Lipinski definition) is 0. The second-order valence-electron chi connectivity index (χ2n) is 10.6. The fraction of sp³-hybridized carbons (Fsp3) is 0.167. The molecular weight excluding hydrogens is 432 g/mol. The summed E-state index contributed by atoms with van der Waals surface area (Å²) in [6.45, 7) is 9.12. The van der Waals surface area contributed by atoms with E-state index in [0.29, 0.717) is 0 Å². The van der Waals surface area contributed by atoms with Crippen LogP contribution >= 0.6 is 0 Å². The molecule has 0 saturated carbocycles. The van der Waals surface area contributed by atoms with Crippen LogP contribution in [0.1, 0.15) is 40.3 Å². The van der Waals surface area contributed by atoms with Crippen molar-refractivity contribution in [1.29, 1.82) is 0 Å². The van der Waals surface area contributed by atoms with Crippen LogP contribution in [0.5, 0.6) is 0 Å². The van der Waals surface area contributed by atoms with Crippen LogP contribution in [0.15, 0.2) is 109 Å². The molecule has 0 amide bonds. The van der Waals surface area contributed by atoms with Gasteiger partial charge in [0, 0.05) is 5.41 Å². The van der Waals surface area contributed by atoms with E-state index in [1.807, 2.05) is 0 Å². The first-order valence-corrected chi connectivity index (χ1v) is 12.9. The van der Waals surface area contributed by atoms with E-state index in [9.17, 15) is 0 Å². The number of aryl methyl sites for hydroxylation is 3. The maximum Gasteiger partial charge on any atom is 0.0227 e. The van der Waals surface area contributed by atoms with Gasteiger partial charge in [-0.3, -0.25) is 0 Å². The predicted molar refractivity (Wildman–Crippen MR) is 154 cm³/mol. The Kier molecular flexibility index (Phi) is 5.41. The van der Waals surface area contributed by atoms with Crippen LogP contribution < -0.4 is 0 Å². The predicted octanol–water partition coefficient (Wildman–Crippen LogP) is 9.47. The summed E-state index contributed by atoms with van der Waals surface area (Å²) in [5.41, 5.74) is 16.2. The summed E-state index contributed by atoms with van der Waals surface area (Å²) in [5.74, 6) is 0. The lowest BCUT2D eigenvalue weighted by atomic mass is 9.73. The Morgan fingerprint density at radius 1 is 0.528 bits per heavy atom. The molecule has 1 aliphatic carbocycles. The molecule has 0 nitrogen and oxygen atoms in total. The van der Waals surface area contributed by atoms with E-state index >= 15 is 0 Å². The molecule has 5 aromatic carbocycles. The summed E-state index contributed by atoms with van der Waals surface area (Å²) in [6.07, 6.45) is 0.950. The molecule has 0 heteroatoms. The summed E-state index contributed by atoms with van der Waals surface area (Å²) < 4.78 is 0. The quantitative estimate of drug-likeness (QED) is 0.248. The smallest absolute Gasteiger partial charge is 0.0227 e. The van der Waals surface area contributed by atoms with Crippen LogP contribution in [0.25, 0.3) is 33.4 Å². The largest absolute Gasteiger partial charge is 0.0622 e. The van der Waals surface area contributed by atoms with Crippen molar-refractivity contribution in [2.45, 2.75) is 39.5 Å². The minimum absolute atomic E-state index is 0.0989. The van der Waals surface area contributed by atoms with Crippen molar-refractivity contribution in [1.82, 2.24) is 0 Å². The monoisotopic (exact) mass is 464 g/mol. The average Bonchev–Trinajstić information content (AvgIpc) is 3.12. The van der Waals surface area contributed by atoms with Crippen LogP contribution in [0, 0.1) is 20.8 Å². The Bertz CT molecular complexity index is 1590. The van der Waals surface area contributed by atoms with Crippen molar-refractivity contribution in [3.63, 3.8) is 0 Å². The molecule has 176 valence electrons. The highest BCUT2D eigenvalue weighted by Gasteiger charge is 2.40. The summed E-state index contributed by atoms with van der Waals surface area (Å²) in [5, 5.41) is 0. The maximum absolute atomic E-state index is 2.45. The number of hydrogen-bond donors (Lipinski definition) is 0. The minimum atomic E-state index is -0.0989. The van der Waals surface area contributed by atoms with Crippen LogP contribution in [0.4, 0.5) is 0 Å². The van der Waals surface area contributed by atoms with Crippen molar-refractivity contribution in [3.8, 4) is 33.4 Å². The first-order valence-electron chi connectivity index (χ1n) is 12.9. The molecule has 1 unspecified atom stereocenters. The second-order valence-corrected chi connectivity index (χ2v) is 10.6. The molecule has 5 aromatic rings. The Balaban J connectivity index is 1.62. The molecule has 1 aliphatic rings. The van der Waals surface area contributed by atoms with Gasteiger partial charge in [0.2, 0.25) is 0 Å². The molecule has 36 heavy (non-hydrogen) atoms. The summed E-state index contributed by atoms with van der Waals surface area (Å²) in [7, 11) is 0. The van der Waals surface area contributed by atoms with E-state index < -0.39 is 0 Å². The zero-order valence-electron chi connectivity index (χ0n) is 21.6. The third-order valence-corrected chi connectivity index (χ3v) is 7.99. The van der Waals surface area contributed by atoms with E-state index in [2.05, 4.69) is 137 Å². The summed E-state index contributed by atoms with van der Waals surface area (Å²) >= 11 is 0. The van der Waals surface area contributed by atoms with E-state index in [1.165, 1.54) is 66.8 Å². The third-order valence-electron chi connectivity index (χ3n) is 7.99. The van der Waals surface area contributed by atoms with Gasteiger partial charge in [-0.15, -0.1) is 0 Å². The molecule has 0 aromatic heterocycles. The number of rotatable bonds is 4. The molecule has 0 aliphatic heterocycles. The highest BCUT2D eigenvalue weighted by Crippen LogP contribution is 2.52. The van der Waals surface area contributed by atoms with Crippen molar-refractivity contribution in [3.05, 3.63) is 143 Å². The lowest BCUT2D eigenvalue weighted by Gasteiger charge is -2.30. The minimum Gasteiger partial charge on any atom is -0.0622 e. The Hall–Kier alpha value is -3.90. The Morgan fingerprint density at radius 2 is 1.19 bits per heavy atom. The molecule has 0 N–H and O–H groups in total. The Labute approximate surface area is 215 Å². The molecule has 0 fully saturated rings. The van der Waals surface area contributed by atoms with Crippen molar-refractivity contribution in [2.24, 2.45) is 0 Å². The lowest BCUT2D eigenvalue weighted by Crippen LogP contribution is -2.24. The van der Waals surface area contributed by atoms with Gasteiger partial charge in [0.1, 0.15) is 0 Å². The van der Waals surface area contributed by atoms with Gasteiger partial charge in [0.05, 0.1) is 0 Å². The molecular formula is C36H32. The maximum atomic E-state index is 2.45. The lowest BCUT2D eigenvalue weighted by molar-refractivity contribution is 0.583. The molecule has 6 rings (SSSR count). The Morgan fingerprint density at radius 3 is 1.97 bits per heavy atom. The van der Waals surface area contributed by atoms with Gasteiger partial charge in [-0.1, -0.05) is 127 Å². The van der Waals surface area contributed by atoms with Crippen molar-refractivity contribution in [2.75, 3.05) is 0 Å². The normalized spacial score (nSPS) is 16.0. The van der Waals surface area contributed by atoms with Gasteiger partial charge in [0.25, 0.3) is 0 Å². The topological polar surface area (TPSA) is 0 Å². The van der Waals surface area contributed by atoms with Crippen LogP contribution in [0.3, 0.4) is 0 Å². The van der Waals surface area contributed by atoms with E-state index in [-0.39, 0.29) is 5.41 Å². The molecule has 0 heterocycles. The molecule has 1 atom stereocenters. The van der Waals surface area contributed by atoms with E-state index in [0.717, 1.165) is 6.42 Å². The van der Waals surface area contributed by atoms with Crippen LogP contribution in [-0.4, -0.2) is 0 Å². The highest BCUT2D eigenvalue weighted by atomic mass is 14.4. The van der Waals surface area contributed by atoms with Crippen molar-refractivity contribution < 1.29 is 0 Å². The number of benzene rings is 5. The summed E-state index contributed by atoms with van der Waals surface area (Å²) in [4.78, 5) is 0. The zero-order valence-corrected chi connectivity index (χ0v) is 21.6. The highest BCUT2D eigenvalue weighted by molar-refractivity contribution is 5.88. The van der Waals surface area contributed by atoms with Crippen molar-refractivity contribution >= 4 is 0 Å². The molecule has 0 spiro atoms. The van der Waals surface area contributed by atoms with E-state index in [1.54, 1.807) is 0 Å². The van der Waals surface area contributed by atoms with Crippen LogP contribution in [-0.2, 0) is 11.8 Å². The van der Waals surface area contributed by atoms with Gasteiger partial charge in [-0.05, 0) is 82.8 Å². The van der Waals surface area contributed by atoms with Gasteiger partial charge in [-0.25, -0.2) is 0 Å². The van der Waals surface area contributed by atoms with Gasteiger partial charge in [0.15, 0.2) is 0 Å². The molecule has 0 bridgehead atoms. The fourth-order valence-corrected chi connectivity index (χ4v) is 6.30. The standard InChI is InChI=1S/C36H32/c1-24-18-19-31-30-16-10-11-17-33(30)36(4,34(31)22-24)23-28-20-25(2)21-32(29-15-9-8-12-26(29)3)35(28)27-13-6-5-7-14-27/h5-22H,23H2,1-4H3. The third kappa shape index (κ3) is 3.60. The molecule has 0 saturated heterocycles. The number of fused-ring (bicyclic) bond motifs is 3. The van der Waals surface area contributed by atoms with Gasteiger partial charge < -0.3 is 0 Å². The zero-order chi connectivity index (χ0) is 24.9. The first-order chi connectivity index (χ1) is 17.5. The SMILES string of the molecule is Cc1cc(CC2(C)c3ccccc3-c3ccc(C)cc32)c(-c2ccccc2)c(-c2ccccc2C)c1. The van der Waals surface area contributed by atoms with Gasteiger partial charge >= 0.3 is 0 Å². The molecule has 0 radical (unpaired) electrons. The second kappa shape index (κ2) is 8.64. The fourth-order valence-electron chi connectivity index (χ4n) is 6.30.